The molecule has 5 heteroatoms. The number of morpholine rings is 1. The fourth-order valence-corrected chi connectivity index (χ4v) is 3.19. The van der Waals surface area contributed by atoms with Gasteiger partial charge in [0.25, 0.3) is 0 Å². The number of carbonyl (C=O) groups excluding carboxylic acids is 1. The summed E-state index contributed by atoms with van der Waals surface area (Å²) in [5.74, 6) is 0.174. The summed E-state index contributed by atoms with van der Waals surface area (Å²) in [7, 11) is 0. The van der Waals surface area contributed by atoms with Crippen LogP contribution in [0.25, 0.3) is 0 Å². The third-order valence-electron chi connectivity index (χ3n) is 4.40. The molecule has 1 aliphatic heterocycles. The van der Waals surface area contributed by atoms with Gasteiger partial charge in [-0.3, -0.25) is 9.78 Å². The van der Waals surface area contributed by atoms with E-state index in [1.54, 1.807) is 0 Å². The van der Waals surface area contributed by atoms with Gasteiger partial charge in [0.2, 0.25) is 5.91 Å². The number of carbonyl (C=O) groups is 1. The third-order valence-corrected chi connectivity index (χ3v) is 4.77. The van der Waals surface area contributed by atoms with Gasteiger partial charge < -0.3 is 9.64 Å². The van der Waals surface area contributed by atoms with Crippen LogP contribution in [0.15, 0.2) is 42.6 Å². The van der Waals surface area contributed by atoms with Crippen molar-refractivity contribution in [1.82, 2.24) is 9.88 Å². The van der Waals surface area contributed by atoms with E-state index in [2.05, 4.69) is 11.1 Å². The average Bonchev–Trinajstić information content (AvgIpc) is 2.63. The second kappa shape index (κ2) is 7.98. The number of rotatable bonds is 4. The summed E-state index contributed by atoms with van der Waals surface area (Å²) in [4.78, 5) is 18.6. The lowest BCUT2D eigenvalue weighted by molar-refractivity contribution is -0.142. The number of pyridine rings is 1. The van der Waals surface area contributed by atoms with Crippen molar-refractivity contribution in [3.8, 4) is 0 Å². The molecule has 0 bridgehead atoms. The van der Waals surface area contributed by atoms with Gasteiger partial charge in [0, 0.05) is 30.1 Å². The zero-order valence-electron chi connectivity index (χ0n) is 14.6. The molecular weight excluding hydrogens is 336 g/mol. The van der Waals surface area contributed by atoms with Crippen molar-refractivity contribution in [2.75, 3.05) is 19.7 Å². The number of halogens is 1. The first kappa shape index (κ1) is 17.9. The normalized spacial score (nSPS) is 17.8. The molecule has 0 radical (unpaired) electrons. The van der Waals surface area contributed by atoms with Crippen LogP contribution >= 0.6 is 11.6 Å². The first-order valence-electron chi connectivity index (χ1n) is 8.63. The van der Waals surface area contributed by atoms with Crippen molar-refractivity contribution in [3.05, 3.63) is 64.4 Å². The molecule has 1 aliphatic rings. The monoisotopic (exact) mass is 358 g/mol. The first-order valence-corrected chi connectivity index (χ1v) is 9.01. The van der Waals surface area contributed by atoms with Crippen molar-refractivity contribution in [1.29, 1.82) is 0 Å². The van der Waals surface area contributed by atoms with Gasteiger partial charge in [0.1, 0.15) is 6.10 Å². The lowest BCUT2D eigenvalue weighted by Crippen LogP contribution is -2.44. The molecule has 0 spiro atoms. The number of aromatic nitrogens is 1. The van der Waals surface area contributed by atoms with E-state index in [1.165, 1.54) is 0 Å². The van der Waals surface area contributed by atoms with Gasteiger partial charge in [-0.1, -0.05) is 49.7 Å². The van der Waals surface area contributed by atoms with Gasteiger partial charge >= 0.3 is 0 Å². The van der Waals surface area contributed by atoms with Crippen molar-refractivity contribution >= 4 is 17.5 Å². The highest BCUT2D eigenvalue weighted by atomic mass is 35.5. The summed E-state index contributed by atoms with van der Waals surface area (Å²) in [6.07, 6.45) is 2.45. The Labute approximate surface area is 153 Å². The predicted molar refractivity (Wildman–Crippen MR) is 98.6 cm³/mol. The average molecular weight is 359 g/mol. The Kier molecular flexibility index (Phi) is 5.71. The van der Waals surface area contributed by atoms with Crippen LogP contribution in [-0.4, -0.2) is 35.5 Å². The molecule has 1 aromatic carbocycles. The van der Waals surface area contributed by atoms with Gasteiger partial charge in [0.15, 0.2) is 0 Å². The Morgan fingerprint density at radius 2 is 2.12 bits per heavy atom. The number of benzene rings is 1. The molecule has 0 unspecified atom stereocenters. The summed E-state index contributed by atoms with van der Waals surface area (Å²) >= 11 is 6.22. The molecule has 1 amide bonds. The van der Waals surface area contributed by atoms with Gasteiger partial charge in [-0.15, -0.1) is 0 Å². The maximum absolute atomic E-state index is 12.2. The zero-order chi connectivity index (χ0) is 17.8. The van der Waals surface area contributed by atoms with Crippen LogP contribution < -0.4 is 0 Å². The summed E-state index contributed by atoms with van der Waals surface area (Å²) < 4.78 is 5.82. The molecule has 0 N–H and O–H groups in total. The smallest absolute Gasteiger partial charge is 0.225 e. The minimum Gasteiger partial charge on any atom is -0.368 e. The van der Waals surface area contributed by atoms with Crippen molar-refractivity contribution < 1.29 is 9.53 Å². The van der Waals surface area contributed by atoms with E-state index in [0.29, 0.717) is 19.7 Å². The molecule has 2 aromatic rings. The fourth-order valence-electron chi connectivity index (χ4n) is 2.99. The molecule has 2 heterocycles. The molecule has 25 heavy (non-hydrogen) atoms. The standard InChI is InChI=1S/C20H23ClN2O2/c1-14(2)20(24)23-9-10-25-19(13-23)18-8-7-15(12-22-18)11-16-5-3-4-6-17(16)21/h3-8,12,14,19H,9-11,13H2,1-2H3/t19-/m0/s1. The molecule has 3 rings (SSSR count). The minimum atomic E-state index is -0.161. The lowest BCUT2D eigenvalue weighted by atomic mass is 10.1. The number of hydrogen-bond acceptors (Lipinski definition) is 3. The van der Waals surface area contributed by atoms with E-state index in [0.717, 1.165) is 28.3 Å². The quantitative estimate of drug-likeness (QED) is 0.832. The summed E-state index contributed by atoms with van der Waals surface area (Å²) in [6.45, 7) is 5.61. The summed E-state index contributed by atoms with van der Waals surface area (Å²) in [6, 6.07) is 11.9. The lowest BCUT2D eigenvalue weighted by Gasteiger charge is -2.33. The molecule has 132 valence electrons. The van der Waals surface area contributed by atoms with E-state index < -0.39 is 0 Å². The maximum Gasteiger partial charge on any atom is 0.225 e. The second-order valence-electron chi connectivity index (χ2n) is 6.66. The van der Waals surface area contributed by atoms with E-state index in [-0.39, 0.29) is 17.9 Å². The van der Waals surface area contributed by atoms with Gasteiger partial charge in [-0.2, -0.15) is 0 Å². The van der Waals surface area contributed by atoms with Crippen LogP contribution in [-0.2, 0) is 16.0 Å². The minimum absolute atomic E-state index is 0.00436. The molecular formula is C20H23ClN2O2. The first-order chi connectivity index (χ1) is 12.0. The van der Waals surface area contributed by atoms with Crippen LogP contribution in [0.3, 0.4) is 0 Å². The Bertz CT molecular complexity index is 731. The van der Waals surface area contributed by atoms with E-state index in [1.807, 2.05) is 55.3 Å². The number of hydrogen-bond donors (Lipinski definition) is 0. The number of ether oxygens (including phenoxy) is 1. The van der Waals surface area contributed by atoms with Crippen molar-refractivity contribution in [2.24, 2.45) is 5.92 Å². The highest BCUT2D eigenvalue weighted by molar-refractivity contribution is 6.31. The summed E-state index contributed by atoms with van der Waals surface area (Å²) in [5.41, 5.74) is 3.05. The van der Waals surface area contributed by atoms with Crippen molar-refractivity contribution in [2.45, 2.75) is 26.4 Å². The predicted octanol–water partition coefficient (Wildman–Crippen LogP) is 3.88. The largest absolute Gasteiger partial charge is 0.368 e. The second-order valence-corrected chi connectivity index (χ2v) is 7.07. The van der Waals surface area contributed by atoms with Gasteiger partial charge in [-0.25, -0.2) is 0 Å². The molecule has 1 aromatic heterocycles. The Morgan fingerprint density at radius 1 is 1.32 bits per heavy atom. The Morgan fingerprint density at radius 3 is 2.80 bits per heavy atom. The fraction of sp³-hybridized carbons (Fsp3) is 0.400. The van der Waals surface area contributed by atoms with E-state index in [9.17, 15) is 4.79 Å². The SMILES string of the molecule is CC(C)C(=O)N1CCO[C@H](c2ccc(Cc3ccccc3Cl)cn2)C1. The van der Waals surface area contributed by atoms with Crippen LogP contribution in [0.1, 0.15) is 36.8 Å². The molecule has 1 atom stereocenters. The molecule has 1 saturated heterocycles. The van der Waals surface area contributed by atoms with E-state index >= 15 is 0 Å². The highest BCUT2D eigenvalue weighted by Gasteiger charge is 2.27. The zero-order valence-corrected chi connectivity index (χ0v) is 15.4. The van der Waals surface area contributed by atoms with Crippen molar-refractivity contribution in [3.63, 3.8) is 0 Å². The van der Waals surface area contributed by atoms with Crippen LogP contribution in [0, 0.1) is 5.92 Å². The number of nitrogens with zero attached hydrogens (tertiary/aromatic N) is 2. The molecule has 1 fully saturated rings. The molecule has 0 saturated carbocycles. The highest BCUT2D eigenvalue weighted by Crippen LogP contribution is 2.23. The van der Waals surface area contributed by atoms with Gasteiger partial charge in [0.05, 0.1) is 18.8 Å². The third kappa shape index (κ3) is 4.39. The summed E-state index contributed by atoms with van der Waals surface area (Å²) in [5, 5.41) is 0.769. The molecule has 4 nitrogen and oxygen atoms in total. The van der Waals surface area contributed by atoms with Crippen LogP contribution in [0.2, 0.25) is 5.02 Å². The Balaban J connectivity index is 1.68. The topological polar surface area (TPSA) is 42.4 Å². The van der Waals surface area contributed by atoms with Crippen LogP contribution in [0.5, 0.6) is 0 Å². The van der Waals surface area contributed by atoms with Gasteiger partial charge in [-0.05, 0) is 23.3 Å². The number of amides is 1. The molecule has 0 aliphatic carbocycles. The van der Waals surface area contributed by atoms with Crippen LogP contribution in [0.4, 0.5) is 0 Å². The van der Waals surface area contributed by atoms with E-state index in [4.69, 9.17) is 16.3 Å². The Hall–Kier alpha value is -1.91. The maximum atomic E-state index is 12.2.